The summed E-state index contributed by atoms with van der Waals surface area (Å²) >= 11 is 0. The Labute approximate surface area is 301 Å². The number of nitrogens with zero attached hydrogens (tertiary/aromatic N) is 2. The summed E-state index contributed by atoms with van der Waals surface area (Å²) in [5, 5.41) is 22.0. The van der Waals surface area contributed by atoms with Crippen LogP contribution in [0.5, 0.6) is 40.2 Å². The highest BCUT2D eigenvalue weighted by Crippen LogP contribution is 2.44. The van der Waals surface area contributed by atoms with Gasteiger partial charge in [-0.25, -0.2) is 4.98 Å². The van der Waals surface area contributed by atoms with E-state index in [1.807, 2.05) is 24.3 Å². The van der Waals surface area contributed by atoms with Crippen LogP contribution in [0.4, 0.5) is 11.4 Å². The maximum atomic E-state index is 12.1. The molecule has 1 aromatic heterocycles. The zero-order valence-corrected chi connectivity index (χ0v) is 28.4. The van der Waals surface area contributed by atoms with Crippen LogP contribution in [0.2, 0.25) is 0 Å². The molecular weight excluding hydrogens is 686 g/mol. The molecule has 53 heavy (non-hydrogen) atoms. The highest BCUT2D eigenvalue weighted by Gasteiger charge is 2.18. The van der Waals surface area contributed by atoms with Gasteiger partial charge in [0.25, 0.3) is 0 Å². The first kappa shape index (κ1) is 35.5. The molecule has 3 aliphatic rings. The van der Waals surface area contributed by atoms with Gasteiger partial charge in [0.15, 0.2) is 28.3 Å². The lowest BCUT2D eigenvalue weighted by Crippen LogP contribution is -2.15. The molecule has 0 spiro atoms. The molecule has 0 bridgehead atoms. The van der Waals surface area contributed by atoms with Crippen LogP contribution in [-0.4, -0.2) is 42.0 Å². The highest BCUT2D eigenvalue weighted by atomic mass is 16.5. The Morgan fingerprint density at radius 3 is 1.94 bits per heavy atom. The van der Waals surface area contributed by atoms with E-state index in [4.69, 9.17) is 27.8 Å². The van der Waals surface area contributed by atoms with Gasteiger partial charge in [-0.1, -0.05) is 0 Å². The standard InChI is InChI=1S/C13H9NO4.C13H11NO3.C13H9NO3.H2O.H2/c1-17-9-3-5-11-13(7-9)18-12-6-8(15)2-4-10(12)14(11)16;2*1-16-9-3-5-11-13(7-9)17-12-6-8(15)2-4-10(12)14-11;;/h2-7H,1H3;2-7,14-15H,1H3;2-7H,1H3;1H2;1H/p+1. The zero-order valence-electron chi connectivity index (χ0n) is 28.4. The smallest absolute Gasteiger partial charge is 0.306 e. The molecule has 3 heterocycles. The van der Waals surface area contributed by atoms with Crippen LogP contribution < -0.4 is 34.1 Å². The molecule has 0 fully saturated rings. The number of methoxy groups -OCH3 is 3. The molecule has 0 amide bonds. The van der Waals surface area contributed by atoms with Crippen molar-refractivity contribution in [3.8, 4) is 51.7 Å². The molecule has 14 nitrogen and oxygen atoms in total. The first-order valence-corrected chi connectivity index (χ1v) is 15.7. The highest BCUT2D eigenvalue weighted by molar-refractivity contribution is 5.80. The van der Waals surface area contributed by atoms with E-state index >= 15 is 0 Å². The van der Waals surface area contributed by atoms with E-state index in [9.17, 15) is 19.9 Å². The summed E-state index contributed by atoms with van der Waals surface area (Å²) in [6.45, 7) is 0. The molecule has 270 valence electrons. The number of benzene rings is 6. The lowest BCUT2D eigenvalue weighted by atomic mass is 10.2. The van der Waals surface area contributed by atoms with Gasteiger partial charge in [-0.05, 0) is 60.7 Å². The number of ether oxygens (including phenoxy) is 4. The Morgan fingerprint density at radius 2 is 1.21 bits per heavy atom. The van der Waals surface area contributed by atoms with E-state index in [0.717, 1.165) is 27.1 Å². The fraction of sp³-hybridized carbons (Fsp3) is 0.0769. The fourth-order valence-electron chi connectivity index (χ4n) is 5.36. The molecule has 0 atom stereocenters. The van der Waals surface area contributed by atoms with Crippen molar-refractivity contribution >= 4 is 44.7 Å². The third kappa shape index (κ3) is 7.43. The van der Waals surface area contributed by atoms with Gasteiger partial charge in [0, 0.05) is 54.9 Å². The average molecular weight is 721 g/mol. The summed E-state index contributed by atoms with van der Waals surface area (Å²) in [4.78, 5) is 27.8. The second-order valence-corrected chi connectivity index (χ2v) is 11.3. The Morgan fingerprint density at radius 1 is 0.642 bits per heavy atom. The van der Waals surface area contributed by atoms with Crippen LogP contribution in [0.25, 0.3) is 44.8 Å². The van der Waals surface area contributed by atoms with Crippen molar-refractivity contribution in [2.75, 3.05) is 26.6 Å². The molecule has 1 aliphatic carbocycles. The van der Waals surface area contributed by atoms with Crippen LogP contribution in [0.1, 0.15) is 1.43 Å². The van der Waals surface area contributed by atoms with Gasteiger partial charge in [0.05, 0.1) is 37.1 Å². The van der Waals surface area contributed by atoms with Gasteiger partial charge in [0.2, 0.25) is 11.2 Å². The molecule has 5 N–H and O–H groups in total. The molecule has 0 radical (unpaired) electrons. The molecule has 14 heteroatoms. The van der Waals surface area contributed by atoms with Gasteiger partial charge in [-0.2, -0.15) is 0 Å². The van der Waals surface area contributed by atoms with Crippen molar-refractivity contribution in [3.63, 3.8) is 0 Å². The third-order valence-electron chi connectivity index (χ3n) is 7.97. The lowest BCUT2D eigenvalue weighted by Gasteiger charge is -2.22. The number of aromatic nitrogens is 2. The number of anilines is 2. The molecule has 0 saturated heterocycles. The number of fused-ring (bicyclic) bond motifs is 6. The summed E-state index contributed by atoms with van der Waals surface area (Å²) in [6.07, 6.45) is 0. The molecule has 6 aromatic rings. The van der Waals surface area contributed by atoms with Crippen LogP contribution in [-0.2, 0) is 0 Å². The number of nitrogens with one attached hydrogen (secondary N) is 1. The predicted molar refractivity (Wildman–Crippen MR) is 199 cm³/mol. The summed E-state index contributed by atoms with van der Waals surface area (Å²) in [5.74, 6) is 4.03. The quantitative estimate of drug-likeness (QED) is 0.0944. The largest absolute Gasteiger partial charge is 0.508 e. The van der Waals surface area contributed by atoms with Crippen molar-refractivity contribution in [1.82, 2.24) is 4.98 Å². The fourth-order valence-corrected chi connectivity index (χ4v) is 5.36. The van der Waals surface area contributed by atoms with Crippen molar-refractivity contribution < 1.29 is 49.3 Å². The topological polar surface area (TPSA) is 200 Å². The van der Waals surface area contributed by atoms with Crippen molar-refractivity contribution in [3.05, 3.63) is 124 Å². The summed E-state index contributed by atoms with van der Waals surface area (Å²) in [5.41, 5.74) is 5.13. The van der Waals surface area contributed by atoms with Crippen LogP contribution in [0, 0.1) is 4.91 Å². The number of hydrogen-bond donors (Lipinski definition) is 3. The minimum atomic E-state index is -0.0923. The normalized spacial score (nSPS) is 11.0. The van der Waals surface area contributed by atoms with Crippen LogP contribution in [0.3, 0.4) is 0 Å². The van der Waals surface area contributed by atoms with Crippen LogP contribution >= 0.6 is 0 Å². The molecule has 0 saturated carbocycles. The van der Waals surface area contributed by atoms with Gasteiger partial charge in [-0.3, -0.25) is 4.79 Å². The number of rotatable bonds is 3. The predicted octanol–water partition coefficient (Wildman–Crippen LogP) is 7.19. The second-order valence-electron chi connectivity index (χ2n) is 11.3. The van der Waals surface area contributed by atoms with E-state index in [-0.39, 0.29) is 23.8 Å². The molecule has 5 aromatic carbocycles. The van der Waals surface area contributed by atoms with Crippen molar-refractivity contribution in [2.45, 2.75) is 0 Å². The van der Waals surface area contributed by atoms with Gasteiger partial charge in [0.1, 0.15) is 40.0 Å². The van der Waals surface area contributed by atoms with E-state index < -0.39 is 0 Å². The SMILES string of the molecule is COc1ccc2c(c1)Oc1cc(O)ccc1N2.COc1ccc2c(c1)oc1cc(O)ccc1[n+]2=O.COc1ccc2nc3ccc(=O)cc-3oc2c1.O.[HH]. The number of aromatic hydroxyl groups is 2. The van der Waals surface area contributed by atoms with E-state index in [2.05, 4.69) is 10.3 Å². The minimum absolute atomic E-state index is 0. The monoisotopic (exact) mass is 720 g/mol. The maximum absolute atomic E-state index is 12.1. The molecule has 0 unspecified atom stereocenters. The summed E-state index contributed by atoms with van der Waals surface area (Å²) in [6, 6.07) is 29.8. The number of hydrogen-bond acceptors (Lipinski definition) is 12. The van der Waals surface area contributed by atoms with Crippen molar-refractivity contribution in [1.29, 1.82) is 0 Å². The number of phenols is 2. The minimum Gasteiger partial charge on any atom is -0.508 e. The van der Waals surface area contributed by atoms with Gasteiger partial charge < -0.3 is 48.8 Å². The van der Waals surface area contributed by atoms with Gasteiger partial charge in [-0.15, -0.1) is 0 Å². The zero-order chi connectivity index (χ0) is 36.4. The Balaban J connectivity index is 0.000000153. The first-order chi connectivity index (χ1) is 25.2. The maximum Gasteiger partial charge on any atom is 0.306 e. The van der Waals surface area contributed by atoms with E-state index in [1.165, 1.54) is 30.3 Å². The molecular formula is C39H34N3O11+. The molecule has 9 rings (SSSR count). The average Bonchev–Trinajstić information content (AvgIpc) is 3.16. The van der Waals surface area contributed by atoms with E-state index in [1.54, 1.807) is 75.9 Å². The summed E-state index contributed by atoms with van der Waals surface area (Å²) in [7, 11) is 4.74. The third-order valence-corrected chi connectivity index (χ3v) is 7.97. The van der Waals surface area contributed by atoms with E-state index in [0.29, 0.717) is 62.2 Å². The first-order valence-electron chi connectivity index (χ1n) is 15.7. The lowest BCUT2D eigenvalue weighted by molar-refractivity contribution is -0.433. The number of phenolic OH excluding ortho intramolecular Hbond substituents is 2. The Hall–Kier alpha value is -7.32. The Kier molecular flexibility index (Phi) is 9.97. The van der Waals surface area contributed by atoms with Crippen molar-refractivity contribution in [2.24, 2.45) is 0 Å². The second kappa shape index (κ2) is 14.9. The molecule has 2 aliphatic heterocycles. The summed E-state index contributed by atoms with van der Waals surface area (Å²) < 4.78 is 33.0. The van der Waals surface area contributed by atoms with Gasteiger partial charge >= 0.3 is 11.0 Å². The Bertz CT molecular complexity index is 2700. The van der Waals surface area contributed by atoms with Crippen LogP contribution in [0.15, 0.2) is 123 Å².